The average molecular weight is 275 g/mol. The lowest BCUT2D eigenvalue weighted by atomic mass is 9.85. The summed E-state index contributed by atoms with van der Waals surface area (Å²) in [6.45, 7) is 5.65. The summed E-state index contributed by atoms with van der Waals surface area (Å²) in [5.74, 6) is 6.14. The zero-order valence-corrected chi connectivity index (χ0v) is 12.4. The van der Waals surface area contributed by atoms with Gasteiger partial charge in [-0.05, 0) is 44.5 Å². The van der Waals surface area contributed by atoms with Crippen LogP contribution in [-0.2, 0) is 5.41 Å². The maximum Gasteiger partial charge on any atom is 0.0766 e. The summed E-state index contributed by atoms with van der Waals surface area (Å²) in [4.78, 5) is 4.19. The summed E-state index contributed by atoms with van der Waals surface area (Å²) in [6.07, 6.45) is 1.71. The molecule has 2 rings (SSSR count). The third-order valence-electron chi connectivity index (χ3n) is 3.34. The molecule has 1 heterocycles. The first-order valence-corrected chi connectivity index (χ1v) is 6.68. The maximum absolute atomic E-state index is 9.19. The minimum Gasteiger partial charge on any atom is -0.397 e. The predicted molar refractivity (Wildman–Crippen MR) is 84.4 cm³/mol. The number of nitrogens with two attached hydrogens (primary N) is 1. The zero-order valence-electron chi connectivity index (χ0n) is 12.4. The van der Waals surface area contributed by atoms with Crippen molar-refractivity contribution in [2.45, 2.75) is 26.2 Å². The van der Waals surface area contributed by atoms with Gasteiger partial charge >= 0.3 is 0 Å². The molecule has 1 aromatic heterocycles. The molecule has 2 aromatic rings. The van der Waals surface area contributed by atoms with Crippen LogP contribution in [0.1, 0.15) is 36.2 Å². The molecule has 104 valence electrons. The highest BCUT2D eigenvalue weighted by atomic mass is 14.7. The number of aryl methyl sites for hydroxylation is 1. The van der Waals surface area contributed by atoms with Gasteiger partial charge in [-0.25, -0.2) is 0 Å². The Hall–Kier alpha value is -2.78. The number of nitrogens with zero attached hydrogens (tertiary/aromatic N) is 2. The van der Waals surface area contributed by atoms with E-state index in [4.69, 9.17) is 5.73 Å². The molecule has 0 saturated carbocycles. The van der Waals surface area contributed by atoms with Crippen LogP contribution in [0.3, 0.4) is 0 Å². The van der Waals surface area contributed by atoms with E-state index in [9.17, 15) is 5.26 Å². The fraction of sp³-hybridized carbons (Fsp3) is 0.222. The molecule has 3 heteroatoms. The van der Waals surface area contributed by atoms with Gasteiger partial charge in [-0.2, -0.15) is 5.26 Å². The molecule has 0 bridgehead atoms. The quantitative estimate of drug-likeness (QED) is 0.813. The van der Waals surface area contributed by atoms with Crippen molar-refractivity contribution in [2.75, 3.05) is 5.73 Å². The van der Waals surface area contributed by atoms with Crippen LogP contribution >= 0.6 is 0 Å². The minimum atomic E-state index is -0.520. The molecular formula is C18H17N3. The topological polar surface area (TPSA) is 62.7 Å². The van der Waals surface area contributed by atoms with Crippen molar-refractivity contribution in [3.8, 4) is 17.9 Å². The van der Waals surface area contributed by atoms with Gasteiger partial charge in [-0.1, -0.05) is 24.0 Å². The van der Waals surface area contributed by atoms with Crippen LogP contribution in [0, 0.1) is 30.1 Å². The molecule has 0 amide bonds. The SMILES string of the molecule is Cc1ncc(C#Cc2cccc(C(C)(C)C#N)c2)cc1N. The molecular weight excluding hydrogens is 258 g/mol. The standard InChI is InChI=1S/C18H17N3/c1-13-17(20)10-15(11-21-13)8-7-14-5-4-6-16(9-14)18(2,3)12-19/h4-6,9-11H,20H2,1-3H3. The Balaban J connectivity index is 2.33. The maximum atomic E-state index is 9.19. The Morgan fingerprint density at radius 1 is 1.14 bits per heavy atom. The van der Waals surface area contributed by atoms with Crippen molar-refractivity contribution in [2.24, 2.45) is 0 Å². The molecule has 2 N–H and O–H groups in total. The second-order valence-electron chi connectivity index (χ2n) is 5.47. The number of nitrogen functional groups attached to an aromatic ring is 1. The van der Waals surface area contributed by atoms with Crippen molar-refractivity contribution in [1.29, 1.82) is 5.26 Å². The molecule has 3 nitrogen and oxygen atoms in total. The van der Waals surface area contributed by atoms with Crippen LogP contribution in [0.25, 0.3) is 0 Å². The molecule has 21 heavy (non-hydrogen) atoms. The van der Waals surface area contributed by atoms with E-state index in [0.717, 1.165) is 22.4 Å². The van der Waals surface area contributed by atoms with Crippen LogP contribution in [0.15, 0.2) is 36.5 Å². The number of benzene rings is 1. The van der Waals surface area contributed by atoms with Gasteiger partial charge in [-0.15, -0.1) is 0 Å². The average Bonchev–Trinajstić information content (AvgIpc) is 2.49. The lowest BCUT2D eigenvalue weighted by Crippen LogP contribution is -2.13. The van der Waals surface area contributed by atoms with Gasteiger partial charge in [0.25, 0.3) is 0 Å². The van der Waals surface area contributed by atoms with Gasteiger partial charge in [0, 0.05) is 17.3 Å². The Labute approximate surface area is 125 Å². The third kappa shape index (κ3) is 3.41. The molecule has 1 aromatic carbocycles. The first-order valence-electron chi connectivity index (χ1n) is 6.68. The number of hydrogen-bond donors (Lipinski definition) is 1. The highest BCUT2D eigenvalue weighted by Crippen LogP contribution is 2.22. The smallest absolute Gasteiger partial charge is 0.0766 e. The van der Waals surface area contributed by atoms with Gasteiger partial charge in [0.15, 0.2) is 0 Å². The Morgan fingerprint density at radius 3 is 2.52 bits per heavy atom. The van der Waals surface area contributed by atoms with E-state index in [1.807, 2.05) is 51.1 Å². The molecule has 0 unspecified atom stereocenters. The molecule has 0 fully saturated rings. The number of nitriles is 1. The van der Waals surface area contributed by atoms with E-state index >= 15 is 0 Å². The van der Waals surface area contributed by atoms with E-state index in [-0.39, 0.29) is 0 Å². The fourth-order valence-corrected chi connectivity index (χ4v) is 1.81. The van der Waals surface area contributed by atoms with Gasteiger partial charge in [-0.3, -0.25) is 4.98 Å². The zero-order chi connectivity index (χ0) is 15.5. The summed E-state index contributed by atoms with van der Waals surface area (Å²) < 4.78 is 0. The lowest BCUT2D eigenvalue weighted by molar-refractivity contribution is 0.686. The fourth-order valence-electron chi connectivity index (χ4n) is 1.81. The summed E-state index contributed by atoms with van der Waals surface area (Å²) in [5, 5.41) is 9.19. The number of hydrogen-bond acceptors (Lipinski definition) is 3. The minimum absolute atomic E-state index is 0.520. The van der Waals surface area contributed by atoms with Gasteiger partial charge in [0.05, 0.1) is 22.9 Å². The molecule has 0 aliphatic carbocycles. The van der Waals surface area contributed by atoms with Gasteiger partial charge in [0.1, 0.15) is 0 Å². The Kier molecular flexibility index (Phi) is 3.96. The highest BCUT2D eigenvalue weighted by Gasteiger charge is 2.19. The molecule has 0 aliphatic heterocycles. The highest BCUT2D eigenvalue weighted by molar-refractivity contribution is 5.51. The van der Waals surface area contributed by atoms with Gasteiger partial charge in [0.2, 0.25) is 0 Å². The first-order chi connectivity index (χ1) is 9.92. The number of anilines is 1. The van der Waals surface area contributed by atoms with Crippen LogP contribution in [0.4, 0.5) is 5.69 Å². The molecule has 0 radical (unpaired) electrons. The van der Waals surface area contributed by atoms with Crippen molar-refractivity contribution in [3.05, 3.63) is 58.9 Å². The second-order valence-corrected chi connectivity index (χ2v) is 5.47. The Bertz CT molecular complexity index is 771. The summed E-state index contributed by atoms with van der Waals surface area (Å²) >= 11 is 0. The van der Waals surface area contributed by atoms with E-state index in [1.54, 1.807) is 6.20 Å². The van der Waals surface area contributed by atoms with E-state index < -0.39 is 5.41 Å². The van der Waals surface area contributed by atoms with Crippen molar-refractivity contribution in [3.63, 3.8) is 0 Å². The van der Waals surface area contributed by atoms with Crippen LogP contribution in [-0.4, -0.2) is 4.98 Å². The van der Waals surface area contributed by atoms with Crippen molar-refractivity contribution in [1.82, 2.24) is 4.98 Å². The molecule has 0 spiro atoms. The van der Waals surface area contributed by atoms with Crippen LogP contribution in [0.5, 0.6) is 0 Å². The molecule has 0 saturated heterocycles. The van der Waals surface area contributed by atoms with Crippen molar-refractivity contribution < 1.29 is 0 Å². The van der Waals surface area contributed by atoms with Crippen LogP contribution < -0.4 is 5.73 Å². The second kappa shape index (κ2) is 5.69. The summed E-state index contributed by atoms with van der Waals surface area (Å²) in [6, 6.07) is 11.8. The third-order valence-corrected chi connectivity index (χ3v) is 3.34. The summed E-state index contributed by atoms with van der Waals surface area (Å²) in [5.41, 5.74) is 9.35. The Morgan fingerprint density at radius 2 is 1.86 bits per heavy atom. The molecule has 0 atom stereocenters. The van der Waals surface area contributed by atoms with E-state index in [1.165, 1.54) is 0 Å². The van der Waals surface area contributed by atoms with Crippen molar-refractivity contribution >= 4 is 5.69 Å². The largest absolute Gasteiger partial charge is 0.397 e. The monoisotopic (exact) mass is 275 g/mol. The molecule has 0 aliphatic rings. The summed E-state index contributed by atoms with van der Waals surface area (Å²) in [7, 11) is 0. The van der Waals surface area contributed by atoms with E-state index in [2.05, 4.69) is 22.9 Å². The van der Waals surface area contributed by atoms with Crippen LogP contribution in [0.2, 0.25) is 0 Å². The van der Waals surface area contributed by atoms with E-state index in [0.29, 0.717) is 5.69 Å². The first kappa shape index (κ1) is 14.6. The normalized spacial score (nSPS) is 10.4. The number of pyridine rings is 1. The lowest BCUT2D eigenvalue weighted by Gasteiger charge is -2.15. The predicted octanol–water partition coefficient (Wildman–Crippen LogP) is 3.17. The number of aromatic nitrogens is 1. The number of rotatable bonds is 1. The van der Waals surface area contributed by atoms with Gasteiger partial charge < -0.3 is 5.73 Å².